The van der Waals surface area contributed by atoms with Crippen molar-refractivity contribution in [2.24, 2.45) is 5.92 Å². The lowest BCUT2D eigenvalue weighted by molar-refractivity contribution is -0.141. The number of hydrogen-bond acceptors (Lipinski definition) is 7. The van der Waals surface area contributed by atoms with Crippen LogP contribution in [0.25, 0.3) is 0 Å². The zero-order valence-corrected chi connectivity index (χ0v) is 14.2. The second-order valence-corrected chi connectivity index (χ2v) is 6.67. The minimum absolute atomic E-state index is 0.0564. The first kappa shape index (κ1) is 16.8. The Labute approximate surface area is 143 Å². The highest BCUT2D eigenvalue weighted by atomic mass is 32.1. The zero-order valence-electron chi connectivity index (χ0n) is 13.4. The van der Waals surface area contributed by atoms with Gasteiger partial charge in [-0.05, 0) is 6.92 Å². The molecule has 2 saturated heterocycles. The molecule has 0 aliphatic carbocycles. The molecule has 2 aliphatic rings. The van der Waals surface area contributed by atoms with E-state index in [4.69, 9.17) is 4.74 Å². The first-order valence-electron chi connectivity index (χ1n) is 7.84. The van der Waals surface area contributed by atoms with Crippen molar-refractivity contribution >= 4 is 34.2 Å². The summed E-state index contributed by atoms with van der Waals surface area (Å²) in [6.07, 6.45) is 0.136. The Balaban J connectivity index is 1.63. The third kappa shape index (κ3) is 3.54. The number of hydrogen-bond donors (Lipinski definition) is 1. The van der Waals surface area contributed by atoms with Crippen molar-refractivity contribution in [2.45, 2.75) is 20.0 Å². The zero-order chi connectivity index (χ0) is 17.1. The highest BCUT2D eigenvalue weighted by Gasteiger charge is 2.39. The van der Waals surface area contributed by atoms with Gasteiger partial charge in [-0.25, -0.2) is 0 Å². The number of nitrogens with one attached hydrogen (secondary N) is 1. The lowest BCUT2D eigenvalue weighted by Crippen LogP contribution is -2.51. The van der Waals surface area contributed by atoms with Crippen molar-refractivity contribution in [3.05, 3.63) is 5.01 Å². The fourth-order valence-corrected chi connectivity index (χ4v) is 3.55. The summed E-state index contributed by atoms with van der Waals surface area (Å²) in [7, 11) is 0. The average molecular weight is 353 g/mol. The average Bonchev–Trinajstić information content (AvgIpc) is 3.18. The van der Waals surface area contributed by atoms with Gasteiger partial charge in [0.2, 0.25) is 22.9 Å². The second-order valence-electron chi connectivity index (χ2n) is 5.63. The summed E-state index contributed by atoms with van der Waals surface area (Å²) in [5, 5.41) is 11.9. The van der Waals surface area contributed by atoms with E-state index in [0.717, 1.165) is 0 Å². The Morgan fingerprint density at radius 3 is 3.00 bits per heavy atom. The third-order valence-electron chi connectivity index (χ3n) is 3.94. The van der Waals surface area contributed by atoms with E-state index in [1.54, 1.807) is 0 Å². The quantitative estimate of drug-likeness (QED) is 0.757. The maximum Gasteiger partial charge on any atom is 0.239 e. The number of carbonyl (C=O) groups is 3. The minimum Gasteiger partial charge on any atom is -0.374 e. The summed E-state index contributed by atoms with van der Waals surface area (Å²) in [6, 6.07) is 0. The van der Waals surface area contributed by atoms with E-state index >= 15 is 0 Å². The Morgan fingerprint density at radius 1 is 1.42 bits per heavy atom. The standard InChI is InChI=1S/C14H19N5O4S/c1-2-23-8-11-16-17-14(24-11)19-6-9(5-12(19)21)13(22)18-4-3-15-10(20)7-18/h9H,2-8H2,1H3,(H,15,20). The molecule has 0 spiro atoms. The van der Waals surface area contributed by atoms with E-state index < -0.39 is 5.92 Å². The van der Waals surface area contributed by atoms with Gasteiger partial charge in [-0.3, -0.25) is 19.3 Å². The van der Waals surface area contributed by atoms with Gasteiger partial charge >= 0.3 is 0 Å². The molecule has 0 bridgehead atoms. The van der Waals surface area contributed by atoms with Crippen LogP contribution in [-0.4, -0.2) is 65.6 Å². The summed E-state index contributed by atoms with van der Waals surface area (Å²) in [4.78, 5) is 39.2. The monoisotopic (exact) mass is 353 g/mol. The number of nitrogens with zero attached hydrogens (tertiary/aromatic N) is 4. The molecule has 9 nitrogen and oxygen atoms in total. The van der Waals surface area contributed by atoms with Gasteiger partial charge in [-0.15, -0.1) is 10.2 Å². The molecule has 1 aromatic heterocycles. The molecule has 3 rings (SSSR count). The molecule has 1 N–H and O–H groups in total. The highest BCUT2D eigenvalue weighted by Crippen LogP contribution is 2.29. The molecule has 3 amide bonds. The maximum absolute atomic E-state index is 12.5. The minimum atomic E-state index is -0.442. The molecule has 130 valence electrons. The SMILES string of the molecule is CCOCc1nnc(N2CC(C(=O)N3CCNC(=O)C3)CC2=O)s1. The molecule has 10 heteroatoms. The van der Waals surface area contributed by atoms with Crippen molar-refractivity contribution in [2.75, 3.05) is 37.7 Å². The van der Waals surface area contributed by atoms with Crippen LogP contribution in [0.5, 0.6) is 0 Å². The number of amides is 3. The van der Waals surface area contributed by atoms with Crippen LogP contribution < -0.4 is 10.2 Å². The predicted molar refractivity (Wildman–Crippen MR) is 85.3 cm³/mol. The van der Waals surface area contributed by atoms with Crippen LogP contribution in [0, 0.1) is 5.92 Å². The van der Waals surface area contributed by atoms with Gasteiger partial charge in [0.15, 0.2) is 0 Å². The maximum atomic E-state index is 12.5. The molecule has 1 aromatic rings. The van der Waals surface area contributed by atoms with Crippen molar-refractivity contribution in [1.29, 1.82) is 0 Å². The van der Waals surface area contributed by atoms with Crippen LogP contribution in [0.3, 0.4) is 0 Å². The molecule has 3 heterocycles. The topological polar surface area (TPSA) is 105 Å². The molecular weight excluding hydrogens is 334 g/mol. The number of aromatic nitrogens is 2. The lowest BCUT2D eigenvalue weighted by Gasteiger charge is -2.28. The highest BCUT2D eigenvalue weighted by molar-refractivity contribution is 7.15. The first-order valence-corrected chi connectivity index (χ1v) is 8.66. The Bertz CT molecular complexity index is 649. The van der Waals surface area contributed by atoms with Crippen LogP contribution in [0.15, 0.2) is 0 Å². The molecule has 0 saturated carbocycles. The Kier molecular flexibility index (Phi) is 5.05. The van der Waals surface area contributed by atoms with E-state index in [9.17, 15) is 14.4 Å². The van der Waals surface area contributed by atoms with Crippen molar-refractivity contribution in [1.82, 2.24) is 20.4 Å². The fourth-order valence-electron chi connectivity index (χ4n) is 2.74. The van der Waals surface area contributed by atoms with Gasteiger partial charge in [-0.2, -0.15) is 0 Å². The molecule has 1 atom stereocenters. The largest absolute Gasteiger partial charge is 0.374 e. The Morgan fingerprint density at radius 2 is 2.25 bits per heavy atom. The van der Waals surface area contributed by atoms with Crippen LogP contribution in [0.4, 0.5) is 5.13 Å². The van der Waals surface area contributed by atoms with Crippen molar-refractivity contribution < 1.29 is 19.1 Å². The summed E-state index contributed by atoms with van der Waals surface area (Å²) in [5.41, 5.74) is 0. The molecule has 0 radical (unpaired) electrons. The van der Waals surface area contributed by atoms with Gasteiger partial charge in [-0.1, -0.05) is 11.3 Å². The number of ether oxygens (including phenoxy) is 1. The molecular formula is C14H19N5O4S. The second kappa shape index (κ2) is 7.22. The lowest BCUT2D eigenvalue weighted by atomic mass is 10.1. The molecule has 1 unspecified atom stereocenters. The predicted octanol–water partition coefficient (Wildman–Crippen LogP) is -0.614. The number of piperazine rings is 1. The van der Waals surface area contributed by atoms with E-state index in [-0.39, 0.29) is 37.2 Å². The first-order chi connectivity index (χ1) is 11.6. The summed E-state index contributed by atoms with van der Waals surface area (Å²) >= 11 is 1.29. The smallest absolute Gasteiger partial charge is 0.239 e. The number of rotatable bonds is 5. The van der Waals surface area contributed by atoms with Crippen LogP contribution in [0.2, 0.25) is 0 Å². The van der Waals surface area contributed by atoms with Crippen molar-refractivity contribution in [3.63, 3.8) is 0 Å². The van der Waals surface area contributed by atoms with Crippen LogP contribution >= 0.6 is 11.3 Å². The normalized spacial score (nSPS) is 21.3. The number of anilines is 1. The van der Waals surface area contributed by atoms with Crippen LogP contribution in [0.1, 0.15) is 18.4 Å². The van der Waals surface area contributed by atoms with E-state index in [2.05, 4.69) is 15.5 Å². The molecule has 0 aromatic carbocycles. The van der Waals surface area contributed by atoms with Gasteiger partial charge in [0.25, 0.3) is 0 Å². The van der Waals surface area contributed by atoms with Gasteiger partial charge in [0, 0.05) is 32.7 Å². The summed E-state index contributed by atoms with van der Waals surface area (Å²) in [5.74, 6) is -0.906. The van der Waals surface area contributed by atoms with Crippen LogP contribution in [-0.2, 0) is 25.7 Å². The third-order valence-corrected chi connectivity index (χ3v) is 4.86. The van der Waals surface area contributed by atoms with E-state index in [0.29, 0.717) is 36.4 Å². The van der Waals surface area contributed by atoms with Crippen molar-refractivity contribution in [3.8, 4) is 0 Å². The van der Waals surface area contributed by atoms with Gasteiger partial charge < -0.3 is 15.0 Å². The summed E-state index contributed by atoms with van der Waals surface area (Å²) < 4.78 is 5.28. The number of carbonyl (C=O) groups excluding carboxylic acids is 3. The molecule has 2 fully saturated rings. The van der Waals surface area contributed by atoms with E-state index in [1.165, 1.54) is 21.1 Å². The molecule has 24 heavy (non-hydrogen) atoms. The van der Waals surface area contributed by atoms with Gasteiger partial charge in [0.05, 0.1) is 12.5 Å². The van der Waals surface area contributed by atoms with E-state index in [1.807, 2.05) is 6.92 Å². The van der Waals surface area contributed by atoms with Gasteiger partial charge in [0.1, 0.15) is 11.6 Å². The Hall–Kier alpha value is -2.07. The molecule has 2 aliphatic heterocycles. The fraction of sp³-hybridized carbons (Fsp3) is 0.643. The summed E-state index contributed by atoms with van der Waals surface area (Å²) in [6.45, 7) is 4.10.